The lowest BCUT2D eigenvalue weighted by molar-refractivity contribution is -0.165. The summed E-state index contributed by atoms with van der Waals surface area (Å²) in [5.41, 5.74) is 1.69. The highest BCUT2D eigenvalue weighted by Crippen LogP contribution is 2.40. The number of fused-ring (bicyclic) bond motifs is 1. The van der Waals surface area contributed by atoms with E-state index in [1.54, 1.807) is 5.41 Å². The fraction of sp³-hybridized carbons (Fsp3) is 0.185. The van der Waals surface area contributed by atoms with Gasteiger partial charge in [-0.1, -0.05) is 66.7 Å². The Morgan fingerprint density at radius 2 is 1.67 bits per heavy atom. The fourth-order valence-corrected chi connectivity index (χ4v) is 6.20. The molecule has 3 heterocycles. The van der Waals surface area contributed by atoms with Gasteiger partial charge >= 0.3 is 5.97 Å². The van der Waals surface area contributed by atoms with Crippen molar-refractivity contribution in [1.82, 2.24) is 10.2 Å². The van der Waals surface area contributed by atoms with Crippen LogP contribution in [0.5, 0.6) is 0 Å². The van der Waals surface area contributed by atoms with E-state index in [4.69, 9.17) is 4.74 Å². The number of β-lactam (4-membered cyclic amide) rings is 1. The molecule has 0 aliphatic carbocycles. The minimum atomic E-state index is -1.18. The van der Waals surface area contributed by atoms with Crippen molar-refractivity contribution in [3.05, 3.63) is 105 Å². The number of aldehydes is 1. The van der Waals surface area contributed by atoms with Crippen molar-refractivity contribution in [2.45, 2.75) is 30.0 Å². The van der Waals surface area contributed by atoms with E-state index in [0.717, 1.165) is 16.0 Å². The predicted molar refractivity (Wildman–Crippen MR) is 137 cm³/mol. The Hall–Kier alpha value is -3.69. The fourth-order valence-electron chi connectivity index (χ4n) is 4.31. The zero-order chi connectivity index (χ0) is 25.1. The highest BCUT2D eigenvalue weighted by atomic mass is 32.2. The van der Waals surface area contributed by atoms with Crippen LogP contribution in [-0.4, -0.2) is 46.4 Å². The summed E-state index contributed by atoms with van der Waals surface area (Å²) in [6, 6.07) is 20.3. The van der Waals surface area contributed by atoms with Gasteiger partial charge in [0.25, 0.3) is 0 Å². The van der Waals surface area contributed by atoms with E-state index in [2.05, 4.69) is 5.32 Å². The highest BCUT2D eigenvalue weighted by Gasteiger charge is 2.56. The number of thiophene rings is 1. The van der Waals surface area contributed by atoms with Crippen LogP contribution in [-0.2, 0) is 30.3 Å². The number of esters is 1. The molecular weight excluding hydrogens is 496 g/mol. The van der Waals surface area contributed by atoms with E-state index in [1.807, 2.05) is 78.2 Å². The maximum absolute atomic E-state index is 13.5. The highest BCUT2D eigenvalue weighted by molar-refractivity contribution is 8.03. The van der Waals surface area contributed by atoms with E-state index in [9.17, 15) is 19.2 Å². The Morgan fingerprint density at radius 1 is 1.00 bits per heavy atom. The van der Waals surface area contributed by atoms with Gasteiger partial charge in [0.1, 0.15) is 17.7 Å². The average molecular weight is 519 g/mol. The molecular formula is C27H22N2O5S2. The Morgan fingerprint density at radius 3 is 2.25 bits per heavy atom. The van der Waals surface area contributed by atoms with Crippen LogP contribution >= 0.6 is 23.1 Å². The second-order valence-corrected chi connectivity index (χ2v) is 10.4. The maximum atomic E-state index is 13.5. The Kier molecular flexibility index (Phi) is 7.02. The molecule has 1 aromatic heterocycles. The Balaban J connectivity index is 1.35. The molecule has 2 aliphatic rings. The lowest BCUT2D eigenvalue weighted by Gasteiger charge is -2.51. The van der Waals surface area contributed by atoms with E-state index in [1.165, 1.54) is 28.0 Å². The topological polar surface area (TPSA) is 92.8 Å². The largest absolute Gasteiger partial charge is 0.451 e. The summed E-state index contributed by atoms with van der Waals surface area (Å²) in [5.74, 6) is -1.39. The van der Waals surface area contributed by atoms with Crippen LogP contribution in [0.3, 0.4) is 0 Å². The molecule has 1 fully saturated rings. The van der Waals surface area contributed by atoms with Gasteiger partial charge in [-0.15, -0.1) is 23.1 Å². The van der Waals surface area contributed by atoms with Crippen molar-refractivity contribution in [1.29, 1.82) is 0 Å². The minimum absolute atomic E-state index is 0.151. The lowest BCUT2D eigenvalue weighted by Crippen LogP contribution is -2.74. The van der Waals surface area contributed by atoms with Crippen LogP contribution in [0, 0.1) is 0 Å². The van der Waals surface area contributed by atoms with E-state index in [0.29, 0.717) is 6.29 Å². The van der Waals surface area contributed by atoms with Crippen LogP contribution < -0.4 is 5.32 Å². The molecule has 0 radical (unpaired) electrons. The first-order valence-corrected chi connectivity index (χ1v) is 13.1. The van der Waals surface area contributed by atoms with Gasteiger partial charge in [0.15, 0.2) is 12.1 Å². The van der Waals surface area contributed by atoms with Gasteiger partial charge in [0.05, 0.1) is 6.42 Å². The molecule has 3 aromatic rings. The second kappa shape index (κ2) is 10.5. The molecule has 36 heavy (non-hydrogen) atoms. The van der Waals surface area contributed by atoms with Crippen molar-refractivity contribution in [2.75, 3.05) is 0 Å². The van der Waals surface area contributed by atoms with Crippen LogP contribution in [0.25, 0.3) is 0 Å². The molecule has 5 rings (SSSR count). The van der Waals surface area contributed by atoms with Crippen molar-refractivity contribution in [2.24, 2.45) is 0 Å². The standard InChI is InChI=1S/C27H22N2O5S2/c30-15-19-16-36-26-22(28-21(31)14-20-12-7-13-35-20)25(32)29(26)23(19)27(33)34-24(17-8-3-1-4-9-17)18-10-5-2-6-11-18/h1-13,15-16,22-24,26H,14H2,(H,28,31)/t22?,23?,26-/m0/s1. The first-order valence-electron chi connectivity index (χ1n) is 11.3. The van der Waals surface area contributed by atoms with Crippen LogP contribution in [0.15, 0.2) is 89.2 Å². The number of benzene rings is 2. The number of carbonyl (C=O) groups excluding carboxylic acids is 4. The smallest absolute Gasteiger partial charge is 0.334 e. The number of rotatable bonds is 8. The third kappa shape index (κ3) is 4.72. The normalized spacial score (nSPS) is 20.7. The number of amides is 2. The maximum Gasteiger partial charge on any atom is 0.334 e. The number of hydrogen-bond donors (Lipinski definition) is 1. The molecule has 2 aromatic carbocycles. The summed E-state index contributed by atoms with van der Waals surface area (Å²) >= 11 is 2.70. The summed E-state index contributed by atoms with van der Waals surface area (Å²) in [7, 11) is 0. The van der Waals surface area contributed by atoms with Crippen LogP contribution in [0.2, 0.25) is 0 Å². The van der Waals surface area contributed by atoms with Gasteiger partial charge < -0.3 is 15.0 Å². The molecule has 2 aliphatic heterocycles. The molecule has 1 saturated heterocycles. The summed E-state index contributed by atoms with van der Waals surface area (Å²) in [5, 5.41) is 5.73. The van der Waals surface area contributed by atoms with Gasteiger partial charge in [0, 0.05) is 10.5 Å². The number of thioether (sulfide) groups is 1. The summed E-state index contributed by atoms with van der Waals surface area (Å²) in [6.45, 7) is 0. The zero-order valence-electron chi connectivity index (χ0n) is 19.0. The molecule has 0 bridgehead atoms. The third-order valence-corrected chi connectivity index (χ3v) is 8.11. The Bertz CT molecular complexity index is 1250. The van der Waals surface area contributed by atoms with Crippen molar-refractivity contribution in [3.63, 3.8) is 0 Å². The molecule has 182 valence electrons. The van der Waals surface area contributed by atoms with Gasteiger partial charge in [-0.3, -0.25) is 14.4 Å². The first-order chi connectivity index (χ1) is 17.6. The molecule has 0 spiro atoms. The summed E-state index contributed by atoms with van der Waals surface area (Å²) in [6.07, 6.45) is 0.0410. The van der Waals surface area contributed by atoms with E-state index >= 15 is 0 Å². The molecule has 1 N–H and O–H groups in total. The van der Waals surface area contributed by atoms with Crippen molar-refractivity contribution < 1.29 is 23.9 Å². The van der Waals surface area contributed by atoms with Gasteiger partial charge in [0.2, 0.25) is 11.8 Å². The molecule has 2 amide bonds. The molecule has 2 unspecified atom stereocenters. The molecule has 3 atom stereocenters. The Labute approximate surface area is 216 Å². The van der Waals surface area contributed by atoms with Crippen LogP contribution in [0.4, 0.5) is 0 Å². The zero-order valence-corrected chi connectivity index (χ0v) is 20.6. The van der Waals surface area contributed by atoms with E-state index in [-0.39, 0.29) is 17.9 Å². The first kappa shape index (κ1) is 24.0. The predicted octanol–water partition coefficient (Wildman–Crippen LogP) is 3.47. The third-order valence-electron chi connectivity index (χ3n) is 6.05. The van der Waals surface area contributed by atoms with Crippen molar-refractivity contribution in [3.8, 4) is 0 Å². The van der Waals surface area contributed by atoms with Crippen molar-refractivity contribution >= 4 is 47.2 Å². The molecule has 9 heteroatoms. The second-order valence-electron chi connectivity index (χ2n) is 8.35. The van der Waals surface area contributed by atoms with Crippen LogP contribution in [0.1, 0.15) is 22.1 Å². The number of hydrogen-bond acceptors (Lipinski definition) is 7. The van der Waals surface area contributed by atoms with Gasteiger partial charge in [-0.05, 0) is 28.0 Å². The molecule has 0 saturated carbocycles. The quantitative estimate of drug-likeness (QED) is 0.279. The molecule has 7 nitrogen and oxygen atoms in total. The summed E-state index contributed by atoms with van der Waals surface area (Å²) < 4.78 is 5.95. The number of carbonyl (C=O) groups is 4. The van der Waals surface area contributed by atoms with Gasteiger partial charge in [-0.25, -0.2) is 4.79 Å². The number of nitrogens with one attached hydrogen (secondary N) is 1. The lowest BCUT2D eigenvalue weighted by atomic mass is 9.97. The minimum Gasteiger partial charge on any atom is -0.451 e. The monoisotopic (exact) mass is 518 g/mol. The van der Waals surface area contributed by atoms with Gasteiger partial charge in [-0.2, -0.15) is 0 Å². The summed E-state index contributed by atoms with van der Waals surface area (Å²) in [4.78, 5) is 53.1. The number of nitrogens with zero attached hydrogens (tertiary/aromatic N) is 1. The number of ether oxygens (including phenoxy) is 1. The average Bonchev–Trinajstić information content (AvgIpc) is 3.43. The van der Waals surface area contributed by atoms with E-state index < -0.39 is 35.4 Å². The SMILES string of the molecule is O=CC1=CS[C@H]2C(NC(=O)Cc3cccs3)C(=O)N2C1C(=O)OC(c1ccccc1)c1ccccc1.